The Bertz CT molecular complexity index is 203. The Morgan fingerprint density at radius 3 is 1.82 bits per heavy atom. The molecule has 0 saturated heterocycles. The smallest absolute Gasteiger partial charge is 0.133 e. The molecular formula is C8H13ClN2. The topological polar surface area (TPSA) is 25.8 Å². The van der Waals surface area contributed by atoms with Gasteiger partial charge in [-0.15, -0.1) is 12.4 Å². The highest BCUT2D eigenvalue weighted by molar-refractivity contribution is 5.85. The molecule has 0 atom stereocenters. The van der Waals surface area contributed by atoms with Crippen molar-refractivity contribution in [3.8, 4) is 0 Å². The molecule has 1 heterocycles. The van der Waals surface area contributed by atoms with Crippen molar-refractivity contribution in [2.75, 3.05) is 0 Å². The van der Waals surface area contributed by atoms with Crippen molar-refractivity contribution >= 4 is 12.4 Å². The van der Waals surface area contributed by atoms with Crippen LogP contribution in [0.4, 0.5) is 0 Å². The summed E-state index contributed by atoms with van der Waals surface area (Å²) >= 11 is 0. The van der Waals surface area contributed by atoms with Gasteiger partial charge in [0.1, 0.15) is 5.82 Å². The van der Waals surface area contributed by atoms with Crippen LogP contribution >= 0.6 is 12.4 Å². The second kappa shape index (κ2) is 3.67. The van der Waals surface area contributed by atoms with Crippen LogP contribution in [-0.2, 0) is 5.41 Å². The van der Waals surface area contributed by atoms with Gasteiger partial charge in [0, 0.05) is 17.8 Å². The van der Waals surface area contributed by atoms with Crippen molar-refractivity contribution in [2.24, 2.45) is 0 Å². The van der Waals surface area contributed by atoms with Gasteiger partial charge in [0.25, 0.3) is 0 Å². The molecule has 0 N–H and O–H groups in total. The molecule has 1 rings (SSSR count). The third-order valence-corrected chi connectivity index (χ3v) is 1.24. The average molecular weight is 173 g/mol. The summed E-state index contributed by atoms with van der Waals surface area (Å²) < 4.78 is 0. The molecule has 3 heteroatoms. The van der Waals surface area contributed by atoms with E-state index in [1.54, 1.807) is 12.4 Å². The second-order valence-corrected chi connectivity index (χ2v) is 3.32. The zero-order chi connectivity index (χ0) is 7.61. The number of nitrogens with zero attached hydrogens (tertiary/aromatic N) is 2. The Hall–Kier alpha value is -0.630. The largest absolute Gasteiger partial charge is 0.241 e. The molecule has 0 aliphatic carbocycles. The van der Waals surface area contributed by atoms with Gasteiger partial charge in [0.2, 0.25) is 0 Å². The summed E-state index contributed by atoms with van der Waals surface area (Å²) in [6.45, 7) is 6.30. The summed E-state index contributed by atoms with van der Waals surface area (Å²) in [4.78, 5) is 8.28. The fourth-order valence-corrected chi connectivity index (χ4v) is 0.686. The lowest BCUT2D eigenvalue weighted by Gasteiger charge is -2.14. The Morgan fingerprint density at radius 2 is 1.55 bits per heavy atom. The fourth-order valence-electron chi connectivity index (χ4n) is 0.686. The predicted molar refractivity (Wildman–Crippen MR) is 48.0 cm³/mol. The van der Waals surface area contributed by atoms with Crippen LogP contribution in [-0.4, -0.2) is 9.97 Å². The van der Waals surface area contributed by atoms with Crippen LogP contribution in [0.25, 0.3) is 0 Å². The van der Waals surface area contributed by atoms with E-state index in [-0.39, 0.29) is 17.8 Å². The predicted octanol–water partition coefficient (Wildman–Crippen LogP) is 2.20. The van der Waals surface area contributed by atoms with Gasteiger partial charge in [-0.3, -0.25) is 0 Å². The summed E-state index contributed by atoms with van der Waals surface area (Å²) in [5.74, 6) is 0.898. The van der Waals surface area contributed by atoms with Crippen molar-refractivity contribution in [3.63, 3.8) is 0 Å². The number of rotatable bonds is 0. The average Bonchev–Trinajstić information content (AvgIpc) is 1.88. The molecule has 11 heavy (non-hydrogen) atoms. The third-order valence-electron chi connectivity index (χ3n) is 1.24. The maximum atomic E-state index is 4.14. The first-order valence-corrected chi connectivity index (χ1v) is 3.38. The highest BCUT2D eigenvalue weighted by atomic mass is 35.5. The zero-order valence-electron chi connectivity index (χ0n) is 7.03. The molecular weight excluding hydrogens is 160 g/mol. The van der Waals surface area contributed by atoms with Crippen LogP contribution in [0.15, 0.2) is 18.5 Å². The van der Waals surface area contributed by atoms with Gasteiger partial charge in [0.15, 0.2) is 0 Å². The highest BCUT2D eigenvalue weighted by Gasteiger charge is 2.15. The van der Waals surface area contributed by atoms with E-state index in [0.29, 0.717) is 0 Å². The van der Waals surface area contributed by atoms with Crippen LogP contribution in [0.5, 0.6) is 0 Å². The number of hydrogen-bond donors (Lipinski definition) is 0. The maximum Gasteiger partial charge on any atom is 0.133 e. The highest BCUT2D eigenvalue weighted by Crippen LogP contribution is 2.15. The molecule has 62 valence electrons. The first-order chi connectivity index (χ1) is 4.61. The first kappa shape index (κ1) is 10.4. The van der Waals surface area contributed by atoms with Gasteiger partial charge in [-0.05, 0) is 6.07 Å². The molecule has 1 aromatic rings. The van der Waals surface area contributed by atoms with E-state index in [1.807, 2.05) is 6.07 Å². The van der Waals surface area contributed by atoms with Gasteiger partial charge in [-0.1, -0.05) is 20.8 Å². The van der Waals surface area contributed by atoms with Crippen LogP contribution in [0.1, 0.15) is 26.6 Å². The second-order valence-electron chi connectivity index (χ2n) is 3.32. The summed E-state index contributed by atoms with van der Waals surface area (Å²) in [6.07, 6.45) is 3.54. The minimum absolute atomic E-state index is 0. The summed E-state index contributed by atoms with van der Waals surface area (Å²) in [5, 5.41) is 0. The normalized spacial score (nSPS) is 10.5. The molecule has 0 unspecified atom stereocenters. The lowest BCUT2D eigenvalue weighted by molar-refractivity contribution is 0.545. The Kier molecular flexibility index (Phi) is 3.46. The summed E-state index contributed by atoms with van der Waals surface area (Å²) in [6, 6.07) is 1.83. The molecule has 0 aliphatic rings. The summed E-state index contributed by atoms with van der Waals surface area (Å²) in [7, 11) is 0. The molecule has 0 aliphatic heterocycles. The Morgan fingerprint density at radius 1 is 1.09 bits per heavy atom. The molecule has 2 nitrogen and oxygen atoms in total. The van der Waals surface area contributed by atoms with Crippen molar-refractivity contribution in [1.29, 1.82) is 0 Å². The molecule has 0 spiro atoms. The van der Waals surface area contributed by atoms with E-state index in [1.165, 1.54) is 0 Å². The number of halogens is 1. The first-order valence-electron chi connectivity index (χ1n) is 3.38. The number of aromatic nitrogens is 2. The van der Waals surface area contributed by atoms with Crippen molar-refractivity contribution < 1.29 is 0 Å². The van der Waals surface area contributed by atoms with Gasteiger partial charge < -0.3 is 0 Å². The standard InChI is InChI=1S/C8H12N2.ClH/c1-8(2,3)7-9-5-4-6-10-7;/h4-6H,1-3H3;1H. The minimum atomic E-state index is 0. The van der Waals surface area contributed by atoms with Gasteiger partial charge in [-0.25, -0.2) is 9.97 Å². The third kappa shape index (κ3) is 2.85. The van der Waals surface area contributed by atoms with Gasteiger partial charge in [-0.2, -0.15) is 0 Å². The van der Waals surface area contributed by atoms with Crippen molar-refractivity contribution in [1.82, 2.24) is 9.97 Å². The van der Waals surface area contributed by atoms with Gasteiger partial charge >= 0.3 is 0 Å². The monoisotopic (exact) mass is 172 g/mol. The van der Waals surface area contributed by atoms with E-state index in [2.05, 4.69) is 30.7 Å². The van der Waals surface area contributed by atoms with Crippen LogP contribution in [0.3, 0.4) is 0 Å². The molecule has 0 saturated carbocycles. The Labute approximate surface area is 73.5 Å². The molecule has 0 fully saturated rings. The Balaban J connectivity index is 0.000001000. The zero-order valence-corrected chi connectivity index (χ0v) is 7.85. The summed E-state index contributed by atoms with van der Waals surface area (Å²) in [5.41, 5.74) is 0.0707. The van der Waals surface area contributed by atoms with Crippen LogP contribution in [0, 0.1) is 0 Å². The van der Waals surface area contributed by atoms with Crippen molar-refractivity contribution in [3.05, 3.63) is 24.3 Å². The molecule has 0 aromatic carbocycles. The SMILES string of the molecule is CC(C)(C)c1ncccn1.Cl. The van der Waals surface area contributed by atoms with E-state index in [0.717, 1.165) is 5.82 Å². The number of hydrogen-bond acceptors (Lipinski definition) is 2. The van der Waals surface area contributed by atoms with Crippen LogP contribution in [0.2, 0.25) is 0 Å². The van der Waals surface area contributed by atoms with Crippen molar-refractivity contribution in [2.45, 2.75) is 26.2 Å². The maximum absolute atomic E-state index is 4.14. The van der Waals surface area contributed by atoms with E-state index in [4.69, 9.17) is 0 Å². The molecule has 1 aromatic heterocycles. The van der Waals surface area contributed by atoms with Gasteiger partial charge in [0.05, 0.1) is 0 Å². The fraction of sp³-hybridized carbons (Fsp3) is 0.500. The van der Waals surface area contributed by atoms with E-state index in [9.17, 15) is 0 Å². The van der Waals surface area contributed by atoms with E-state index >= 15 is 0 Å². The molecule has 0 amide bonds. The van der Waals surface area contributed by atoms with E-state index < -0.39 is 0 Å². The van der Waals surface area contributed by atoms with Crippen LogP contribution < -0.4 is 0 Å². The molecule has 0 bridgehead atoms. The lowest BCUT2D eigenvalue weighted by Crippen LogP contribution is -2.14. The molecule has 0 radical (unpaired) electrons. The lowest BCUT2D eigenvalue weighted by atomic mass is 9.96. The quantitative estimate of drug-likeness (QED) is 0.600. The minimum Gasteiger partial charge on any atom is -0.241 e.